The van der Waals surface area contributed by atoms with Crippen molar-refractivity contribution in [3.63, 3.8) is 0 Å². The molecule has 2 nitrogen and oxygen atoms in total. The zero-order valence-corrected chi connectivity index (χ0v) is 9.74. The second-order valence-electron chi connectivity index (χ2n) is 3.42. The molecule has 0 fully saturated rings. The van der Waals surface area contributed by atoms with Crippen molar-refractivity contribution >= 4 is 11.6 Å². The van der Waals surface area contributed by atoms with E-state index in [2.05, 4.69) is 0 Å². The van der Waals surface area contributed by atoms with E-state index in [4.69, 9.17) is 0 Å². The summed E-state index contributed by atoms with van der Waals surface area (Å²) in [6, 6.07) is 0. The number of carbonyl (C=O) groups is 2. The van der Waals surface area contributed by atoms with E-state index in [1.54, 1.807) is 0 Å². The molecule has 0 spiro atoms. The molecule has 0 atom stereocenters. The van der Waals surface area contributed by atoms with E-state index in [0.29, 0.717) is 0 Å². The minimum Gasteiger partial charge on any atom is -0.299 e. The van der Waals surface area contributed by atoms with E-state index >= 15 is 0 Å². The van der Waals surface area contributed by atoms with Gasteiger partial charge in [0.05, 0.1) is 6.42 Å². The van der Waals surface area contributed by atoms with Crippen molar-refractivity contribution in [3.05, 3.63) is 0 Å². The average molecular weight is 204 g/mol. The molecular weight excluding hydrogens is 188 g/mol. The quantitative estimate of drug-likeness (QED) is 0.517. The zero-order chi connectivity index (χ0) is 9.02. The Bertz CT molecular complexity index is 144. The van der Waals surface area contributed by atoms with Gasteiger partial charge < -0.3 is 0 Å². The summed E-state index contributed by atoms with van der Waals surface area (Å²) in [4.78, 5) is 22.1. The number of Topliss-reactive ketones (excluding diaryl/α,β-unsaturated/α-hetero) is 2. The Hall–Kier alpha value is 0.0543. The number of ketones is 2. The summed E-state index contributed by atoms with van der Waals surface area (Å²) in [6.45, 7) is 7.26. The molecule has 0 aliphatic heterocycles. The van der Waals surface area contributed by atoms with E-state index in [9.17, 15) is 9.59 Å². The zero-order valence-electron chi connectivity index (χ0n) is 8.18. The molecule has 0 rings (SSSR count). The fourth-order valence-corrected chi connectivity index (χ4v) is 0.580. The van der Waals surface area contributed by atoms with Crippen molar-refractivity contribution in [2.75, 3.05) is 0 Å². The summed E-state index contributed by atoms with van der Waals surface area (Å²) in [7, 11) is 0. The predicted molar refractivity (Wildman–Crippen MR) is 44.3 cm³/mol. The maximum Gasteiger partial charge on any atom is 0.142 e. The van der Waals surface area contributed by atoms with Crippen LogP contribution in [0.4, 0.5) is 0 Å². The van der Waals surface area contributed by atoms with Gasteiger partial charge in [0.2, 0.25) is 0 Å². The normalized spacial score (nSPS) is 9.83. The van der Waals surface area contributed by atoms with Gasteiger partial charge in [0.25, 0.3) is 0 Å². The molecular formula is C9H16O2Ti. The van der Waals surface area contributed by atoms with Crippen LogP contribution in [0.3, 0.4) is 0 Å². The van der Waals surface area contributed by atoms with Crippen molar-refractivity contribution in [1.82, 2.24) is 0 Å². The van der Waals surface area contributed by atoms with Crippen LogP contribution in [0, 0.1) is 11.8 Å². The molecule has 0 unspecified atom stereocenters. The molecule has 0 aromatic heterocycles. The second kappa shape index (κ2) is 6.56. The van der Waals surface area contributed by atoms with Crippen molar-refractivity contribution in [2.45, 2.75) is 34.1 Å². The summed E-state index contributed by atoms with van der Waals surface area (Å²) in [5, 5.41) is 0. The summed E-state index contributed by atoms with van der Waals surface area (Å²) >= 11 is 0. The Kier molecular flexibility index (Phi) is 7.96. The van der Waals surface area contributed by atoms with Gasteiger partial charge in [0.15, 0.2) is 0 Å². The van der Waals surface area contributed by atoms with Gasteiger partial charge in [0, 0.05) is 33.6 Å². The Balaban J connectivity index is 0. The Morgan fingerprint density at radius 1 is 0.917 bits per heavy atom. The summed E-state index contributed by atoms with van der Waals surface area (Å²) in [6.07, 6.45) is 0.106. The molecule has 0 bridgehead atoms. The van der Waals surface area contributed by atoms with Gasteiger partial charge in [-0.3, -0.25) is 9.59 Å². The van der Waals surface area contributed by atoms with Gasteiger partial charge in [-0.25, -0.2) is 0 Å². The molecule has 0 amide bonds. The van der Waals surface area contributed by atoms with Crippen LogP contribution in [-0.4, -0.2) is 11.6 Å². The van der Waals surface area contributed by atoms with Crippen molar-refractivity contribution in [3.8, 4) is 0 Å². The Morgan fingerprint density at radius 2 is 1.17 bits per heavy atom. The standard InChI is InChI=1S/C9H16O2.Ti/c1-6(2)8(10)5-9(11)7(3)4;/h6-7H,5H2,1-4H3;. The van der Waals surface area contributed by atoms with Crippen LogP contribution in [0.25, 0.3) is 0 Å². The third-order valence-corrected chi connectivity index (χ3v) is 1.64. The van der Waals surface area contributed by atoms with Crippen LogP contribution < -0.4 is 0 Å². The van der Waals surface area contributed by atoms with E-state index in [0.717, 1.165) is 0 Å². The minimum atomic E-state index is -0.0160. The predicted octanol–water partition coefficient (Wildman–Crippen LogP) is 1.82. The number of hydrogen-bond donors (Lipinski definition) is 0. The number of rotatable bonds is 4. The Labute approximate surface area is 89.0 Å². The summed E-state index contributed by atoms with van der Waals surface area (Å²) in [5.41, 5.74) is 0. The minimum absolute atomic E-state index is 0. The molecule has 0 N–H and O–H groups in total. The van der Waals surface area contributed by atoms with Gasteiger partial charge in [-0.05, 0) is 0 Å². The maximum atomic E-state index is 11.0. The second-order valence-corrected chi connectivity index (χ2v) is 3.42. The van der Waals surface area contributed by atoms with Crippen LogP contribution in [0.5, 0.6) is 0 Å². The molecule has 0 heterocycles. The molecule has 3 heteroatoms. The first-order valence-electron chi connectivity index (χ1n) is 4.00. The average Bonchev–Trinajstić information content (AvgIpc) is 1.87. The van der Waals surface area contributed by atoms with Crippen LogP contribution >= 0.6 is 0 Å². The molecule has 0 saturated heterocycles. The third-order valence-electron chi connectivity index (χ3n) is 1.64. The SMILES string of the molecule is CC(C)C(=O)CC(=O)C(C)C.[Ti]. The van der Waals surface area contributed by atoms with Crippen molar-refractivity contribution < 1.29 is 31.3 Å². The van der Waals surface area contributed by atoms with Crippen LogP contribution in [-0.2, 0) is 31.3 Å². The van der Waals surface area contributed by atoms with Gasteiger partial charge in [-0.1, -0.05) is 27.7 Å². The third kappa shape index (κ3) is 5.67. The topological polar surface area (TPSA) is 34.1 Å². The fourth-order valence-electron chi connectivity index (χ4n) is 0.580. The molecule has 0 aliphatic carbocycles. The van der Waals surface area contributed by atoms with Crippen LogP contribution in [0.15, 0.2) is 0 Å². The molecule has 68 valence electrons. The first-order valence-corrected chi connectivity index (χ1v) is 4.00. The van der Waals surface area contributed by atoms with Gasteiger partial charge in [0.1, 0.15) is 11.6 Å². The summed E-state index contributed by atoms with van der Waals surface area (Å²) < 4.78 is 0. The van der Waals surface area contributed by atoms with Crippen molar-refractivity contribution in [1.29, 1.82) is 0 Å². The maximum absolute atomic E-state index is 11.0. The monoisotopic (exact) mass is 204 g/mol. The number of hydrogen-bond acceptors (Lipinski definition) is 2. The van der Waals surface area contributed by atoms with E-state index < -0.39 is 0 Å². The fraction of sp³-hybridized carbons (Fsp3) is 0.778. The first-order chi connectivity index (χ1) is 4.95. The van der Waals surface area contributed by atoms with Crippen LogP contribution in [0.1, 0.15) is 34.1 Å². The van der Waals surface area contributed by atoms with E-state index in [1.165, 1.54) is 0 Å². The molecule has 0 saturated carbocycles. The smallest absolute Gasteiger partial charge is 0.142 e. The largest absolute Gasteiger partial charge is 0.299 e. The molecule has 12 heavy (non-hydrogen) atoms. The van der Waals surface area contributed by atoms with E-state index in [1.807, 2.05) is 27.7 Å². The number of carbonyl (C=O) groups excluding carboxylic acids is 2. The van der Waals surface area contributed by atoms with Gasteiger partial charge in [-0.15, -0.1) is 0 Å². The first kappa shape index (κ1) is 14.6. The Morgan fingerprint density at radius 3 is 1.33 bits per heavy atom. The van der Waals surface area contributed by atoms with Crippen LogP contribution in [0.2, 0.25) is 0 Å². The van der Waals surface area contributed by atoms with E-state index in [-0.39, 0.29) is 51.5 Å². The molecule has 0 aromatic carbocycles. The molecule has 0 radical (unpaired) electrons. The molecule has 0 aliphatic rings. The molecule has 0 aromatic rings. The summed E-state index contributed by atoms with van der Waals surface area (Å²) in [5.74, 6) is 0.0581. The van der Waals surface area contributed by atoms with Gasteiger partial charge in [-0.2, -0.15) is 0 Å². The van der Waals surface area contributed by atoms with Crippen molar-refractivity contribution in [2.24, 2.45) is 11.8 Å². The van der Waals surface area contributed by atoms with Gasteiger partial charge >= 0.3 is 0 Å².